The highest BCUT2D eigenvalue weighted by molar-refractivity contribution is 6.09. The molecule has 28 heavy (non-hydrogen) atoms. The van der Waals surface area contributed by atoms with Crippen LogP contribution in [0.25, 0.3) is 0 Å². The highest BCUT2D eigenvalue weighted by Crippen LogP contribution is 2.61. The fourth-order valence-electron chi connectivity index (χ4n) is 6.14. The molecule has 144 valence electrons. The van der Waals surface area contributed by atoms with E-state index in [1.165, 1.54) is 0 Å². The number of fused-ring (bicyclic) bond motifs is 3. The third-order valence-corrected chi connectivity index (χ3v) is 7.12. The van der Waals surface area contributed by atoms with Crippen LogP contribution in [0.15, 0.2) is 54.6 Å². The van der Waals surface area contributed by atoms with E-state index in [4.69, 9.17) is 5.73 Å². The smallest absolute Gasteiger partial charge is 0.237 e. The maximum absolute atomic E-state index is 13.8. The molecule has 5 nitrogen and oxygen atoms in total. The van der Waals surface area contributed by atoms with Crippen LogP contribution in [-0.4, -0.2) is 23.4 Å². The van der Waals surface area contributed by atoms with Crippen LogP contribution in [0.1, 0.15) is 49.1 Å². The summed E-state index contributed by atoms with van der Waals surface area (Å²) in [6, 6.07) is 17.3. The van der Waals surface area contributed by atoms with Crippen LogP contribution in [0.2, 0.25) is 0 Å². The van der Waals surface area contributed by atoms with Gasteiger partial charge in [0, 0.05) is 17.1 Å². The number of nitrogens with two attached hydrogens (primary N) is 1. The van der Waals surface area contributed by atoms with Gasteiger partial charge in [0.15, 0.2) is 0 Å². The number of benzene rings is 2. The zero-order valence-electron chi connectivity index (χ0n) is 15.8. The Morgan fingerprint density at radius 3 is 2.36 bits per heavy atom. The summed E-state index contributed by atoms with van der Waals surface area (Å²) < 4.78 is 0. The number of nitrogens with one attached hydrogen (secondary N) is 2. The number of anilines is 1. The Morgan fingerprint density at radius 1 is 0.964 bits per heavy atom. The number of carbonyl (C=O) groups excluding carboxylic acids is 2. The lowest BCUT2D eigenvalue weighted by Crippen LogP contribution is -2.60. The van der Waals surface area contributed by atoms with E-state index in [1.807, 2.05) is 54.6 Å². The van der Waals surface area contributed by atoms with Crippen LogP contribution >= 0.6 is 0 Å². The van der Waals surface area contributed by atoms with Crippen molar-refractivity contribution in [3.63, 3.8) is 0 Å². The molecule has 3 aliphatic rings. The second kappa shape index (κ2) is 6.17. The van der Waals surface area contributed by atoms with Gasteiger partial charge in [-0.3, -0.25) is 14.9 Å². The molecule has 2 aromatic carbocycles. The van der Waals surface area contributed by atoms with Crippen molar-refractivity contribution in [2.45, 2.75) is 55.0 Å². The van der Waals surface area contributed by atoms with E-state index in [1.54, 1.807) is 0 Å². The average molecular weight is 375 g/mol. The summed E-state index contributed by atoms with van der Waals surface area (Å²) in [6.45, 7) is 0. The quantitative estimate of drug-likeness (QED) is 0.755. The Hall–Kier alpha value is -2.66. The molecule has 5 rings (SSSR count). The minimum absolute atomic E-state index is 0.0132. The molecule has 1 saturated heterocycles. The van der Waals surface area contributed by atoms with Crippen LogP contribution < -0.4 is 16.4 Å². The van der Waals surface area contributed by atoms with Gasteiger partial charge < -0.3 is 11.1 Å². The van der Waals surface area contributed by atoms with Gasteiger partial charge in [-0.15, -0.1) is 0 Å². The first kappa shape index (κ1) is 17.4. The summed E-state index contributed by atoms with van der Waals surface area (Å²) in [7, 11) is 0. The Kier molecular flexibility index (Phi) is 3.85. The molecule has 1 aliphatic carbocycles. The second-order valence-corrected chi connectivity index (χ2v) is 8.36. The molecule has 2 spiro atoms. The summed E-state index contributed by atoms with van der Waals surface area (Å²) in [5.41, 5.74) is 7.41. The lowest BCUT2D eigenvalue weighted by atomic mass is 9.55. The fourth-order valence-corrected chi connectivity index (χ4v) is 6.14. The molecule has 2 aliphatic heterocycles. The van der Waals surface area contributed by atoms with Gasteiger partial charge in [0.2, 0.25) is 11.8 Å². The van der Waals surface area contributed by atoms with E-state index in [0.717, 1.165) is 48.9 Å². The maximum atomic E-state index is 13.8. The van der Waals surface area contributed by atoms with Gasteiger partial charge in [-0.2, -0.15) is 0 Å². The van der Waals surface area contributed by atoms with Crippen molar-refractivity contribution in [2.75, 3.05) is 5.32 Å². The fraction of sp³-hybridized carbons (Fsp3) is 0.391. The molecule has 0 bridgehead atoms. The summed E-state index contributed by atoms with van der Waals surface area (Å²) in [4.78, 5) is 26.4. The molecular weight excluding hydrogens is 350 g/mol. The molecular formula is C23H25N3O2. The highest BCUT2D eigenvalue weighted by Gasteiger charge is 2.71. The van der Waals surface area contributed by atoms with E-state index in [-0.39, 0.29) is 11.8 Å². The summed E-state index contributed by atoms with van der Waals surface area (Å²) in [5, 5.41) is 6.75. The SMILES string of the molecule is NC(=O)C1NC2(CCCCC2)C2(C(=O)Nc3ccccc32)C1c1ccccc1. The van der Waals surface area contributed by atoms with Crippen LogP contribution in [-0.2, 0) is 15.0 Å². The third kappa shape index (κ3) is 2.11. The van der Waals surface area contributed by atoms with E-state index in [2.05, 4.69) is 10.6 Å². The van der Waals surface area contributed by atoms with Gasteiger partial charge in [-0.05, 0) is 30.0 Å². The van der Waals surface area contributed by atoms with Crippen molar-refractivity contribution in [3.8, 4) is 0 Å². The number of primary amides is 1. The molecule has 5 heteroatoms. The van der Waals surface area contributed by atoms with E-state index in [0.29, 0.717) is 0 Å². The number of para-hydroxylation sites is 1. The molecule has 2 heterocycles. The van der Waals surface area contributed by atoms with E-state index in [9.17, 15) is 9.59 Å². The van der Waals surface area contributed by atoms with Crippen LogP contribution in [0.4, 0.5) is 5.69 Å². The molecule has 0 aromatic heterocycles. The minimum atomic E-state index is -0.842. The first-order valence-electron chi connectivity index (χ1n) is 10.1. The Bertz CT molecular complexity index is 936. The Morgan fingerprint density at radius 2 is 1.64 bits per heavy atom. The molecule has 2 amide bonds. The normalized spacial score (nSPS) is 30.4. The first-order chi connectivity index (χ1) is 13.6. The number of amides is 2. The van der Waals surface area contributed by atoms with Crippen LogP contribution in [0.5, 0.6) is 0 Å². The van der Waals surface area contributed by atoms with Gasteiger partial charge in [0.05, 0.1) is 6.04 Å². The van der Waals surface area contributed by atoms with Gasteiger partial charge in [0.25, 0.3) is 0 Å². The monoisotopic (exact) mass is 375 g/mol. The van der Waals surface area contributed by atoms with Crippen molar-refractivity contribution in [1.82, 2.24) is 5.32 Å². The van der Waals surface area contributed by atoms with Gasteiger partial charge in [-0.25, -0.2) is 0 Å². The van der Waals surface area contributed by atoms with Crippen molar-refractivity contribution < 1.29 is 9.59 Å². The zero-order valence-corrected chi connectivity index (χ0v) is 15.8. The largest absolute Gasteiger partial charge is 0.368 e. The number of carbonyl (C=O) groups is 2. The standard InChI is InChI=1S/C23H25N3O2/c24-20(27)19-18(15-9-3-1-4-10-15)23(22(26-19)13-7-2-8-14-22)16-11-5-6-12-17(16)25-21(23)28/h1,3-6,9-12,18-19,26H,2,7-8,13-14H2,(H2,24,27)(H,25,28). The number of hydrogen-bond donors (Lipinski definition) is 3. The summed E-state index contributed by atoms with van der Waals surface area (Å²) in [6.07, 6.45) is 4.96. The summed E-state index contributed by atoms with van der Waals surface area (Å²) in [5.74, 6) is -0.749. The minimum Gasteiger partial charge on any atom is -0.368 e. The van der Waals surface area contributed by atoms with Crippen LogP contribution in [0, 0.1) is 0 Å². The Labute approximate surface area is 164 Å². The zero-order chi connectivity index (χ0) is 19.4. The molecule has 3 unspecified atom stereocenters. The summed E-state index contributed by atoms with van der Waals surface area (Å²) >= 11 is 0. The molecule has 3 atom stereocenters. The molecule has 2 fully saturated rings. The average Bonchev–Trinajstić information content (AvgIpc) is 3.18. The number of rotatable bonds is 2. The van der Waals surface area contributed by atoms with E-state index < -0.39 is 22.9 Å². The van der Waals surface area contributed by atoms with Gasteiger partial charge in [0.1, 0.15) is 5.41 Å². The highest BCUT2D eigenvalue weighted by atomic mass is 16.2. The van der Waals surface area contributed by atoms with Crippen molar-refractivity contribution in [1.29, 1.82) is 0 Å². The van der Waals surface area contributed by atoms with Crippen molar-refractivity contribution in [3.05, 3.63) is 65.7 Å². The predicted molar refractivity (Wildman–Crippen MR) is 108 cm³/mol. The van der Waals surface area contributed by atoms with E-state index >= 15 is 0 Å². The van der Waals surface area contributed by atoms with Gasteiger partial charge in [-0.1, -0.05) is 67.8 Å². The van der Waals surface area contributed by atoms with Crippen molar-refractivity contribution >= 4 is 17.5 Å². The molecule has 2 aromatic rings. The maximum Gasteiger partial charge on any atom is 0.237 e. The van der Waals surface area contributed by atoms with Gasteiger partial charge >= 0.3 is 0 Å². The lowest BCUT2D eigenvalue weighted by Gasteiger charge is -2.47. The predicted octanol–water partition coefficient (Wildman–Crippen LogP) is 2.82. The molecule has 4 N–H and O–H groups in total. The second-order valence-electron chi connectivity index (χ2n) is 8.36. The topological polar surface area (TPSA) is 84.2 Å². The Balaban J connectivity index is 1.83. The molecule has 1 saturated carbocycles. The van der Waals surface area contributed by atoms with Crippen molar-refractivity contribution in [2.24, 2.45) is 5.73 Å². The lowest BCUT2D eigenvalue weighted by molar-refractivity contribution is -0.124. The molecule has 0 radical (unpaired) electrons. The number of hydrogen-bond acceptors (Lipinski definition) is 3. The third-order valence-electron chi connectivity index (χ3n) is 7.12. The van der Waals surface area contributed by atoms with Crippen LogP contribution in [0.3, 0.4) is 0 Å². The first-order valence-corrected chi connectivity index (χ1v) is 10.1.